The summed E-state index contributed by atoms with van der Waals surface area (Å²) in [5, 5.41) is 0. The minimum absolute atomic E-state index is 0.257. The van der Waals surface area contributed by atoms with Gasteiger partial charge in [0, 0.05) is 18.1 Å². The second-order valence-corrected chi connectivity index (χ2v) is 5.37. The van der Waals surface area contributed by atoms with Gasteiger partial charge in [0.15, 0.2) is 0 Å². The van der Waals surface area contributed by atoms with Crippen LogP contribution in [0.15, 0.2) is 41.1 Å². The van der Waals surface area contributed by atoms with Crippen molar-refractivity contribution >= 4 is 39.0 Å². The van der Waals surface area contributed by atoms with E-state index in [0.29, 0.717) is 5.69 Å². The fourth-order valence-electron chi connectivity index (χ4n) is 1.61. The molecule has 0 atom stereocenters. The number of rotatable bonds is 4. The molecule has 4 nitrogen and oxygen atoms in total. The average molecular weight is 337 g/mol. The van der Waals surface area contributed by atoms with Gasteiger partial charge in [-0.15, -0.1) is 0 Å². The molecule has 0 aliphatic heterocycles. The van der Waals surface area contributed by atoms with Crippen LogP contribution in [0.25, 0.3) is 0 Å². The van der Waals surface area contributed by atoms with E-state index in [1.165, 1.54) is 5.56 Å². The molecule has 0 bridgehead atoms. The molecule has 0 unspecified atom stereocenters. The van der Waals surface area contributed by atoms with Gasteiger partial charge in [-0.2, -0.15) is 0 Å². The van der Waals surface area contributed by atoms with Crippen molar-refractivity contribution in [1.82, 2.24) is 9.97 Å². The van der Waals surface area contributed by atoms with Crippen LogP contribution in [-0.4, -0.2) is 22.0 Å². The molecule has 2 rings (SSSR count). The van der Waals surface area contributed by atoms with Crippen LogP contribution in [0.1, 0.15) is 11.3 Å². The van der Waals surface area contributed by atoms with Crippen LogP contribution < -0.4 is 10.6 Å². The maximum absolute atomic E-state index is 5.49. The largest absolute Gasteiger partial charge is 0.388 e. The van der Waals surface area contributed by atoms with Crippen molar-refractivity contribution in [3.8, 4) is 0 Å². The lowest BCUT2D eigenvalue weighted by Gasteiger charge is -2.18. The van der Waals surface area contributed by atoms with Gasteiger partial charge in [0.1, 0.15) is 16.5 Å². The SMILES string of the molecule is CN(Cc1ccccc1Br)c1cnc(C(N)=S)cn1. The van der Waals surface area contributed by atoms with Gasteiger partial charge < -0.3 is 10.6 Å². The van der Waals surface area contributed by atoms with Gasteiger partial charge in [0.2, 0.25) is 0 Å². The number of aromatic nitrogens is 2. The molecule has 1 aromatic carbocycles. The van der Waals surface area contributed by atoms with Gasteiger partial charge >= 0.3 is 0 Å². The topological polar surface area (TPSA) is 55.0 Å². The van der Waals surface area contributed by atoms with E-state index in [1.54, 1.807) is 12.4 Å². The number of nitrogens with zero attached hydrogens (tertiary/aromatic N) is 3. The van der Waals surface area contributed by atoms with Gasteiger partial charge in [-0.05, 0) is 11.6 Å². The monoisotopic (exact) mass is 336 g/mol. The summed E-state index contributed by atoms with van der Waals surface area (Å²) in [5.74, 6) is 0.774. The molecule has 19 heavy (non-hydrogen) atoms. The van der Waals surface area contributed by atoms with E-state index >= 15 is 0 Å². The van der Waals surface area contributed by atoms with E-state index in [-0.39, 0.29) is 4.99 Å². The lowest BCUT2D eigenvalue weighted by atomic mass is 10.2. The van der Waals surface area contributed by atoms with Crippen LogP contribution in [0.2, 0.25) is 0 Å². The number of hydrogen-bond donors (Lipinski definition) is 1. The van der Waals surface area contributed by atoms with E-state index in [2.05, 4.69) is 32.0 Å². The number of nitrogens with two attached hydrogens (primary N) is 1. The summed E-state index contributed by atoms with van der Waals surface area (Å²) in [7, 11) is 1.96. The fourth-order valence-corrected chi connectivity index (χ4v) is 2.12. The van der Waals surface area contributed by atoms with Crippen LogP contribution in [0.3, 0.4) is 0 Å². The van der Waals surface area contributed by atoms with E-state index in [9.17, 15) is 0 Å². The van der Waals surface area contributed by atoms with Crippen molar-refractivity contribution in [1.29, 1.82) is 0 Å². The summed E-state index contributed by atoms with van der Waals surface area (Å²) in [6, 6.07) is 8.09. The Hall–Kier alpha value is -1.53. The Morgan fingerprint density at radius 1 is 1.32 bits per heavy atom. The Morgan fingerprint density at radius 3 is 2.63 bits per heavy atom. The Kier molecular flexibility index (Phi) is 4.44. The third kappa shape index (κ3) is 3.48. The highest BCUT2D eigenvalue weighted by Gasteiger charge is 2.07. The first-order valence-corrected chi connectivity index (χ1v) is 6.84. The minimum Gasteiger partial charge on any atom is -0.388 e. The van der Waals surface area contributed by atoms with Gasteiger partial charge in [-0.25, -0.2) is 9.97 Å². The Balaban J connectivity index is 2.14. The summed E-state index contributed by atoms with van der Waals surface area (Å²) in [5.41, 5.74) is 7.21. The number of halogens is 1. The zero-order valence-electron chi connectivity index (χ0n) is 10.4. The Morgan fingerprint density at radius 2 is 2.05 bits per heavy atom. The highest BCUT2D eigenvalue weighted by atomic mass is 79.9. The molecule has 1 aromatic heterocycles. The smallest absolute Gasteiger partial charge is 0.147 e. The van der Waals surface area contributed by atoms with Crippen molar-refractivity contribution in [3.63, 3.8) is 0 Å². The summed E-state index contributed by atoms with van der Waals surface area (Å²) < 4.78 is 1.08. The first-order valence-electron chi connectivity index (χ1n) is 5.64. The fraction of sp³-hybridized carbons (Fsp3) is 0.154. The number of benzene rings is 1. The van der Waals surface area contributed by atoms with Crippen molar-refractivity contribution in [3.05, 3.63) is 52.4 Å². The maximum Gasteiger partial charge on any atom is 0.147 e. The van der Waals surface area contributed by atoms with Crippen molar-refractivity contribution in [2.45, 2.75) is 6.54 Å². The van der Waals surface area contributed by atoms with Gasteiger partial charge in [0.25, 0.3) is 0 Å². The quantitative estimate of drug-likeness (QED) is 0.869. The Labute approximate surface area is 125 Å². The van der Waals surface area contributed by atoms with Crippen LogP contribution >= 0.6 is 28.1 Å². The van der Waals surface area contributed by atoms with E-state index < -0.39 is 0 Å². The predicted octanol–water partition coefficient (Wildman–Crippen LogP) is 2.51. The molecule has 1 heterocycles. The molecule has 2 N–H and O–H groups in total. The molecule has 0 aliphatic rings. The number of thiocarbonyl (C=S) groups is 1. The predicted molar refractivity (Wildman–Crippen MR) is 84.2 cm³/mol. The molecule has 0 aliphatic carbocycles. The van der Waals surface area contributed by atoms with Crippen molar-refractivity contribution < 1.29 is 0 Å². The normalized spacial score (nSPS) is 10.2. The van der Waals surface area contributed by atoms with Gasteiger partial charge in [-0.3, -0.25) is 0 Å². The van der Waals surface area contributed by atoms with Crippen LogP contribution in [0.5, 0.6) is 0 Å². The third-order valence-electron chi connectivity index (χ3n) is 2.65. The maximum atomic E-state index is 5.49. The first kappa shape index (κ1) is 13.9. The zero-order chi connectivity index (χ0) is 13.8. The molecule has 0 saturated heterocycles. The molecular weight excluding hydrogens is 324 g/mol. The zero-order valence-corrected chi connectivity index (χ0v) is 12.8. The summed E-state index contributed by atoms with van der Waals surface area (Å²) in [6.45, 7) is 0.739. The number of hydrogen-bond acceptors (Lipinski definition) is 4. The minimum atomic E-state index is 0.257. The van der Waals surface area contributed by atoms with Crippen LogP contribution in [0.4, 0.5) is 5.82 Å². The van der Waals surface area contributed by atoms with E-state index in [4.69, 9.17) is 18.0 Å². The molecule has 0 amide bonds. The number of anilines is 1. The van der Waals surface area contributed by atoms with Crippen molar-refractivity contribution in [2.75, 3.05) is 11.9 Å². The summed E-state index contributed by atoms with van der Waals surface area (Å²) in [4.78, 5) is 10.8. The first-order chi connectivity index (χ1) is 9.08. The van der Waals surface area contributed by atoms with Crippen LogP contribution in [0, 0.1) is 0 Å². The highest BCUT2D eigenvalue weighted by molar-refractivity contribution is 9.10. The molecule has 0 radical (unpaired) electrons. The molecule has 0 saturated carbocycles. The van der Waals surface area contributed by atoms with Crippen molar-refractivity contribution in [2.24, 2.45) is 5.73 Å². The van der Waals surface area contributed by atoms with E-state index in [0.717, 1.165) is 16.8 Å². The molecule has 0 spiro atoms. The summed E-state index contributed by atoms with van der Waals surface area (Å²) in [6.07, 6.45) is 3.26. The second-order valence-electron chi connectivity index (χ2n) is 4.07. The van der Waals surface area contributed by atoms with Gasteiger partial charge in [0.05, 0.1) is 12.4 Å². The summed E-state index contributed by atoms with van der Waals surface area (Å²) >= 11 is 8.38. The molecule has 6 heteroatoms. The van der Waals surface area contributed by atoms with E-state index in [1.807, 2.05) is 30.1 Å². The molecular formula is C13H13BrN4S. The highest BCUT2D eigenvalue weighted by Crippen LogP contribution is 2.19. The molecule has 98 valence electrons. The standard InChI is InChI=1S/C13H13BrN4S/c1-18(8-9-4-2-3-5-10(9)14)12-7-16-11(6-17-12)13(15)19/h2-7H,8H2,1H3,(H2,15,19). The second kappa shape index (κ2) is 6.08. The van der Waals surface area contributed by atoms with Gasteiger partial charge in [-0.1, -0.05) is 46.3 Å². The molecule has 0 fully saturated rings. The lowest BCUT2D eigenvalue weighted by molar-refractivity contribution is 0.885. The average Bonchev–Trinajstić information content (AvgIpc) is 2.41. The van der Waals surface area contributed by atoms with Crippen LogP contribution in [-0.2, 0) is 6.54 Å². The Bertz CT molecular complexity index is 585. The lowest BCUT2D eigenvalue weighted by Crippen LogP contribution is -2.19. The third-order valence-corrected chi connectivity index (χ3v) is 3.63. The molecule has 2 aromatic rings.